The molecule has 0 aliphatic carbocycles. The van der Waals surface area contributed by atoms with Crippen LogP contribution in [0.4, 0.5) is 0 Å². The minimum atomic E-state index is -1.06. The van der Waals surface area contributed by atoms with E-state index in [1.54, 1.807) is 24.3 Å². The maximum absolute atomic E-state index is 12.6. The van der Waals surface area contributed by atoms with E-state index in [1.807, 2.05) is 6.26 Å². The van der Waals surface area contributed by atoms with Crippen LogP contribution in [-0.2, 0) is 19.1 Å². The van der Waals surface area contributed by atoms with Gasteiger partial charge in [-0.25, -0.2) is 9.59 Å². The zero-order valence-electron chi connectivity index (χ0n) is 13.6. The molecule has 0 spiro atoms. The van der Waals surface area contributed by atoms with Crippen LogP contribution in [0.15, 0.2) is 24.3 Å². The number of hydrogen-bond donors (Lipinski definition) is 0. The van der Waals surface area contributed by atoms with Crippen LogP contribution in [0.5, 0.6) is 0 Å². The zero-order chi connectivity index (χ0) is 18.0. The van der Waals surface area contributed by atoms with Gasteiger partial charge in [-0.3, -0.25) is 14.5 Å². The summed E-state index contributed by atoms with van der Waals surface area (Å²) in [5.41, 5.74) is 0.546. The Morgan fingerprint density at radius 2 is 1.92 bits per heavy atom. The van der Waals surface area contributed by atoms with Gasteiger partial charge in [0.05, 0.1) is 17.7 Å². The van der Waals surface area contributed by atoms with Crippen molar-refractivity contribution in [2.45, 2.75) is 25.0 Å². The molecule has 3 rings (SSSR count). The van der Waals surface area contributed by atoms with E-state index < -0.39 is 35.9 Å². The minimum absolute atomic E-state index is 0.194. The molecule has 132 valence electrons. The molecule has 7 nitrogen and oxygen atoms in total. The van der Waals surface area contributed by atoms with E-state index in [1.165, 1.54) is 11.8 Å². The highest BCUT2D eigenvalue weighted by Gasteiger charge is 2.44. The normalized spacial score (nSPS) is 20.4. The molecular formula is C17H17NO6S. The molecule has 1 aromatic carbocycles. The molecule has 2 aliphatic heterocycles. The molecule has 1 aromatic rings. The van der Waals surface area contributed by atoms with Crippen molar-refractivity contribution in [1.82, 2.24) is 4.90 Å². The predicted octanol–water partition coefficient (Wildman–Crippen LogP) is 1.26. The maximum atomic E-state index is 12.6. The van der Waals surface area contributed by atoms with E-state index in [-0.39, 0.29) is 30.6 Å². The number of carbonyl (C=O) groups is 4. The zero-order valence-corrected chi connectivity index (χ0v) is 14.4. The number of benzene rings is 1. The van der Waals surface area contributed by atoms with Crippen molar-refractivity contribution in [2.24, 2.45) is 0 Å². The minimum Gasteiger partial charge on any atom is -0.463 e. The Morgan fingerprint density at radius 1 is 1.28 bits per heavy atom. The van der Waals surface area contributed by atoms with Gasteiger partial charge in [0.25, 0.3) is 11.8 Å². The molecule has 2 atom stereocenters. The lowest BCUT2D eigenvalue weighted by Gasteiger charge is -2.25. The fourth-order valence-electron chi connectivity index (χ4n) is 2.88. The van der Waals surface area contributed by atoms with Gasteiger partial charge in [-0.2, -0.15) is 11.8 Å². The van der Waals surface area contributed by atoms with Crippen LogP contribution in [0.1, 0.15) is 33.6 Å². The first-order valence-corrected chi connectivity index (χ1v) is 9.27. The van der Waals surface area contributed by atoms with Crippen molar-refractivity contribution >= 4 is 35.5 Å². The summed E-state index contributed by atoms with van der Waals surface area (Å²) in [7, 11) is 0. The average molecular weight is 363 g/mol. The lowest BCUT2D eigenvalue weighted by Crippen LogP contribution is -2.47. The first-order valence-electron chi connectivity index (χ1n) is 7.87. The fraction of sp³-hybridized carbons (Fsp3) is 0.412. The standard InChI is InChI=1S/C17H17NO6S/c1-25-9-7-12(16(21)24-13-6-8-23-17(13)22)18-14(19)10-4-2-3-5-11(10)15(18)20/h2-5,12-13H,6-9H2,1H3/t12-,13-/m0/s1. The number of cyclic esters (lactones) is 1. The van der Waals surface area contributed by atoms with E-state index >= 15 is 0 Å². The summed E-state index contributed by atoms with van der Waals surface area (Å²) >= 11 is 1.49. The smallest absolute Gasteiger partial charge is 0.347 e. The monoisotopic (exact) mass is 363 g/mol. The molecule has 0 unspecified atom stereocenters. The molecule has 25 heavy (non-hydrogen) atoms. The summed E-state index contributed by atoms with van der Waals surface area (Å²) in [6, 6.07) is 5.38. The van der Waals surface area contributed by atoms with Crippen molar-refractivity contribution in [3.05, 3.63) is 35.4 Å². The van der Waals surface area contributed by atoms with Crippen molar-refractivity contribution in [3.8, 4) is 0 Å². The Labute approximate surface area is 148 Å². The van der Waals surface area contributed by atoms with Gasteiger partial charge in [-0.05, 0) is 30.6 Å². The van der Waals surface area contributed by atoms with Crippen LogP contribution < -0.4 is 0 Å². The molecule has 0 radical (unpaired) electrons. The maximum Gasteiger partial charge on any atom is 0.347 e. The van der Waals surface area contributed by atoms with Gasteiger partial charge in [0.1, 0.15) is 6.04 Å². The summed E-state index contributed by atoms with van der Waals surface area (Å²) in [5, 5.41) is 0. The number of nitrogens with zero attached hydrogens (tertiary/aromatic N) is 1. The number of imide groups is 1. The van der Waals surface area contributed by atoms with Gasteiger partial charge < -0.3 is 9.47 Å². The number of ether oxygens (including phenoxy) is 2. The van der Waals surface area contributed by atoms with Gasteiger partial charge in [-0.15, -0.1) is 0 Å². The number of fused-ring (bicyclic) bond motifs is 1. The number of rotatable bonds is 6. The molecular weight excluding hydrogens is 346 g/mol. The Bertz CT molecular complexity index is 699. The van der Waals surface area contributed by atoms with E-state index in [0.29, 0.717) is 5.75 Å². The molecule has 0 aromatic heterocycles. The van der Waals surface area contributed by atoms with Crippen molar-refractivity contribution < 1.29 is 28.7 Å². The molecule has 0 N–H and O–H groups in total. The first kappa shape index (κ1) is 17.5. The lowest BCUT2D eigenvalue weighted by atomic mass is 10.1. The summed E-state index contributed by atoms with van der Waals surface area (Å²) in [6.45, 7) is 0.194. The van der Waals surface area contributed by atoms with Gasteiger partial charge in [0, 0.05) is 6.42 Å². The van der Waals surface area contributed by atoms with Crippen LogP contribution in [-0.4, -0.2) is 59.4 Å². The third-order valence-electron chi connectivity index (χ3n) is 4.15. The largest absolute Gasteiger partial charge is 0.463 e. The van der Waals surface area contributed by atoms with Crippen LogP contribution in [0.25, 0.3) is 0 Å². The highest BCUT2D eigenvalue weighted by molar-refractivity contribution is 7.98. The van der Waals surface area contributed by atoms with Crippen LogP contribution in [0.3, 0.4) is 0 Å². The number of esters is 2. The van der Waals surface area contributed by atoms with Crippen molar-refractivity contribution in [2.75, 3.05) is 18.6 Å². The highest BCUT2D eigenvalue weighted by Crippen LogP contribution is 2.27. The third-order valence-corrected chi connectivity index (χ3v) is 4.79. The Balaban J connectivity index is 1.83. The molecule has 2 heterocycles. The molecule has 0 saturated carbocycles. The molecule has 0 bridgehead atoms. The second-order valence-electron chi connectivity index (χ2n) is 5.70. The Morgan fingerprint density at radius 3 is 2.44 bits per heavy atom. The van der Waals surface area contributed by atoms with E-state index in [2.05, 4.69) is 0 Å². The number of thioether (sulfide) groups is 1. The SMILES string of the molecule is CSCC[C@@H](C(=O)O[C@H]1CCOC1=O)N1C(=O)c2ccccc2C1=O. The summed E-state index contributed by atoms with van der Waals surface area (Å²) in [6.07, 6.45) is 1.42. The first-order chi connectivity index (χ1) is 12.0. The van der Waals surface area contributed by atoms with E-state index in [0.717, 1.165) is 4.90 Å². The summed E-state index contributed by atoms with van der Waals surface area (Å²) in [4.78, 5) is 50.3. The summed E-state index contributed by atoms with van der Waals surface area (Å²) < 4.78 is 10.00. The number of carbonyl (C=O) groups excluding carboxylic acids is 4. The fourth-order valence-corrected chi connectivity index (χ4v) is 3.33. The Kier molecular flexibility index (Phi) is 5.08. The second kappa shape index (κ2) is 7.26. The number of hydrogen-bond acceptors (Lipinski definition) is 7. The molecule has 2 amide bonds. The second-order valence-corrected chi connectivity index (χ2v) is 6.69. The highest BCUT2D eigenvalue weighted by atomic mass is 32.2. The summed E-state index contributed by atoms with van der Waals surface area (Å²) in [5.74, 6) is -1.83. The average Bonchev–Trinajstić information content (AvgIpc) is 3.12. The van der Waals surface area contributed by atoms with Crippen LogP contribution in [0, 0.1) is 0 Å². The molecule has 2 aliphatic rings. The topological polar surface area (TPSA) is 90.0 Å². The molecule has 8 heteroatoms. The lowest BCUT2D eigenvalue weighted by molar-refractivity contribution is -0.163. The third kappa shape index (κ3) is 3.26. The van der Waals surface area contributed by atoms with Gasteiger partial charge in [0.15, 0.2) is 0 Å². The Hall–Kier alpha value is -2.35. The van der Waals surface area contributed by atoms with Gasteiger partial charge in [0.2, 0.25) is 6.10 Å². The van der Waals surface area contributed by atoms with Gasteiger partial charge in [-0.1, -0.05) is 12.1 Å². The molecule has 1 fully saturated rings. The van der Waals surface area contributed by atoms with E-state index in [9.17, 15) is 19.2 Å². The van der Waals surface area contributed by atoms with Crippen molar-refractivity contribution in [3.63, 3.8) is 0 Å². The molecule has 1 saturated heterocycles. The van der Waals surface area contributed by atoms with Crippen LogP contribution >= 0.6 is 11.8 Å². The predicted molar refractivity (Wildman–Crippen MR) is 89.2 cm³/mol. The van der Waals surface area contributed by atoms with Crippen LogP contribution in [0.2, 0.25) is 0 Å². The van der Waals surface area contributed by atoms with Crippen molar-refractivity contribution in [1.29, 1.82) is 0 Å². The van der Waals surface area contributed by atoms with E-state index in [4.69, 9.17) is 9.47 Å². The number of amides is 2. The quantitative estimate of drug-likeness (QED) is 0.555. The van der Waals surface area contributed by atoms with Gasteiger partial charge >= 0.3 is 11.9 Å².